The van der Waals surface area contributed by atoms with Crippen molar-refractivity contribution in [2.45, 2.75) is 57.5 Å². The van der Waals surface area contributed by atoms with Crippen LogP contribution in [0.4, 0.5) is 4.79 Å². The molecule has 1 aliphatic rings. The quantitative estimate of drug-likeness (QED) is 0.322. The SMILES string of the molecule is CC(C)(C)OC(=O)c1ccc([C@@H]2C[C@]2(NC(=O)OCc2ccccc2)C(=O)OCc2ccccc2)cc1. The third-order valence-corrected chi connectivity index (χ3v) is 6.02. The van der Waals surface area contributed by atoms with E-state index in [2.05, 4.69) is 5.32 Å². The van der Waals surface area contributed by atoms with Crippen molar-refractivity contribution in [3.8, 4) is 0 Å². The molecular formula is C30H31NO6. The van der Waals surface area contributed by atoms with Crippen LogP contribution in [0.15, 0.2) is 84.9 Å². The highest BCUT2D eigenvalue weighted by atomic mass is 16.6. The molecule has 1 fully saturated rings. The number of rotatable bonds is 8. The van der Waals surface area contributed by atoms with Gasteiger partial charge in [-0.2, -0.15) is 0 Å². The summed E-state index contributed by atoms with van der Waals surface area (Å²) in [7, 11) is 0. The topological polar surface area (TPSA) is 90.9 Å². The van der Waals surface area contributed by atoms with Gasteiger partial charge in [0.2, 0.25) is 0 Å². The molecule has 0 bridgehead atoms. The van der Waals surface area contributed by atoms with Crippen molar-refractivity contribution in [1.29, 1.82) is 0 Å². The van der Waals surface area contributed by atoms with Gasteiger partial charge in [0.25, 0.3) is 0 Å². The second kappa shape index (κ2) is 10.9. The van der Waals surface area contributed by atoms with Crippen molar-refractivity contribution in [3.63, 3.8) is 0 Å². The zero-order chi connectivity index (χ0) is 26.5. The molecule has 0 heterocycles. The van der Waals surface area contributed by atoms with Gasteiger partial charge in [0.15, 0.2) is 0 Å². The molecule has 7 nitrogen and oxygen atoms in total. The number of alkyl carbamates (subject to hydrolysis) is 1. The summed E-state index contributed by atoms with van der Waals surface area (Å²) in [5.41, 5.74) is 1.03. The van der Waals surface area contributed by atoms with Gasteiger partial charge in [-0.05, 0) is 56.0 Å². The Balaban J connectivity index is 1.47. The van der Waals surface area contributed by atoms with Gasteiger partial charge in [-0.1, -0.05) is 72.8 Å². The summed E-state index contributed by atoms with van der Waals surface area (Å²) >= 11 is 0. The predicted molar refractivity (Wildman–Crippen MR) is 138 cm³/mol. The van der Waals surface area contributed by atoms with Crippen molar-refractivity contribution in [2.75, 3.05) is 0 Å². The fourth-order valence-corrected chi connectivity index (χ4v) is 4.06. The predicted octanol–water partition coefficient (Wildman–Crippen LogP) is 5.54. The van der Waals surface area contributed by atoms with Crippen molar-refractivity contribution in [1.82, 2.24) is 5.32 Å². The maximum atomic E-state index is 13.3. The van der Waals surface area contributed by atoms with Gasteiger partial charge in [-0.3, -0.25) is 0 Å². The summed E-state index contributed by atoms with van der Waals surface area (Å²) < 4.78 is 16.4. The molecule has 7 heteroatoms. The van der Waals surface area contributed by atoms with Gasteiger partial charge in [0.1, 0.15) is 24.4 Å². The molecule has 2 atom stereocenters. The summed E-state index contributed by atoms with van der Waals surface area (Å²) in [4.78, 5) is 38.3. The fourth-order valence-electron chi connectivity index (χ4n) is 4.06. The Bertz CT molecular complexity index is 1230. The molecule has 0 spiro atoms. The molecule has 0 aliphatic heterocycles. The minimum absolute atomic E-state index is 0.0804. The van der Waals surface area contributed by atoms with E-state index in [1.165, 1.54) is 0 Å². The van der Waals surface area contributed by atoms with E-state index < -0.39 is 29.2 Å². The smallest absolute Gasteiger partial charge is 0.408 e. The highest BCUT2D eigenvalue weighted by Crippen LogP contribution is 2.52. The number of esters is 2. The lowest BCUT2D eigenvalue weighted by Gasteiger charge is -2.20. The monoisotopic (exact) mass is 501 g/mol. The minimum atomic E-state index is -1.25. The number of ether oxygens (including phenoxy) is 3. The van der Waals surface area contributed by atoms with Gasteiger partial charge in [-0.25, -0.2) is 14.4 Å². The van der Waals surface area contributed by atoms with E-state index in [1.807, 2.05) is 60.7 Å². The molecular weight excluding hydrogens is 470 g/mol. The van der Waals surface area contributed by atoms with E-state index in [0.717, 1.165) is 16.7 Å². The standard InChI is InChI=1S/C30H31NO6/c1-29(2,3)37-26(32)24-16-14-23(15-17-24)25-18-30(25,27(33)35-19-21-10-6-4-7-11-21)31-28(34)36-20-22-12-8-5-9-13-22/h4-17,25H,18-20H2,1-3H3,(H,31,34)/t25-,30+/m0/s1. The second-order valence-electron chi connectivity index (χ2n) is 10.1. The number of nitrogens with one attached hydrogen (secondary N) is 1. The van der Waals surface area contributed by atoms with Gasteiger partial charge < -0.3 is 19.5 Å². The lowest BCUT2D eigenvalue weighted by molar-refractivity contribution is -0.148. The van der Waals surface area contributed by atoms with Crippen LogP contribution in [0, 0.1) is 0 Å². The van der Waals surface area contributed by atoms with Crippen LogP contribution < -0.4 is 5.32 Å². The van der Waals surface area contributed by atoms with E-state index in [-0.39, 0.29) is 19.1 Å². The molecule has 37 heavy (non-hydrogen) atoms. The van der Waals surface area contributed by atoms with Crippen molar-refractivity contribution in [3.05, 3.63) is 107 Å². The van der Waals surface area contributed by atoms with E-state index in [1.54, 1.807) is 45.0 Å². The number of amides is 1. The van der Waals surface area contributed by atoms with E-state index in [9.17, 15) is 14.4 Å². The van der Waals surface area contributed by atoms with Crippen LogP contribution in [-0.4, -0.2) is 29.2 Å². The van der Waals surface area contributed by atoms with Crippen LogP contribution in [0.3, 0.4) is 0 Å². The molecule has 192 valence electrons. The summed E-state index contributed by atoms with van der Waals surface area (Å²) in [6.45, 7) is 5.59. The van der Waals surface area contributed by atoms with E-state index in [4.69, 9.17) is 14.2 Å². The first kappa shape index (κ1) is 25.9. The lowest BCUT2D eigenvalue weighted by atomic mass is 10.0. The number of hydrogen-bond donors (Lipinski definition) is 1. The fraction of sp³-hybridized carbons (Fsp3) is 0.300. The highest BCUT2D eigenvalue weighted by Gasteiger charge is 2.63. The molecule has 1 amide bonds. The lowest BCUT2D eigenvalue weighted by Crippen LogP contribution is -2.45. The third kappa shape index (κ3) is 6.76. The van der Waals surface area contributed by atoms with Crippen molar-refractivity contribution in [2.24, 2.45) is 0 Å². The summed E-state index contributed by atoms with van der Waals surface area (Å²) in [5, 5.41) is 2.76. The van der Waals surface area contributed by atoms with Crippen LogP contribution >= 0.6 is 0 Å². The zero-order valence-electron chi connectivity index (χ0n) is 21.2. The Hall–Kier alpha value is -4.13. The van der Waals surface area contributed by atoms with Crippen LogP contribution in [0.1, 0.15) is 60.2 Å². The molecule has 1 N–H and O–H groups in total. The van der Waals surface area contributed by atoms with Crippen molar-refractivity contribution >= 4 is 18.0 Å². The largest absolute Gasteiger partial charge is 0.459 e. The molecule has 4 rings (SSSR count). The molecule has 0 unspecified atom stereocenters. The Morgan fingerprint density at radius 3 is 1.89 bits per heavy atom. The number of hydrogen-bond acceptors (Lipinski definition) is 6. The molecule has 1 aliphatic carbocycles. The van der Waals surface area contributed by atoms with E-state index in [0.29, 0.717) is 12.0 Å². The van der Waals surface area contributed by atoms with Crippen LogP contribution in [-0.2, 0) is 32.2 Å². The minimum Gasteiger partial charge on any atom is -0.459 e. The van der Waals surface area contributed by atoms with Crippen molar-refractivity contribution < 1.29 is 28.6 Å². The average molecular weight is 502 g/mol. The van der Waals surface area contributed by atoms with Gasteiger partial charge in [-0.15, -0.1) is 0 Å². The Labute approximate surface area is 216 Å². The number of carbonyl (C=O) groups excluding carboxylic acids is 3. The normalized spacial score (nSPS) is 18.4. The van der Waals surface area contributed by atoms with E-state index >= 15 is 0 Å². The first-order valence-electron chi connectivity index (χ1n) is 12.2. The Morgan fingerprint density at radius 1 is 0.811 bits per heavy atom. The number of benzene rings is 3. The summed E-state index contributed by atoms with van der Waals surface area (Å²) in [5.74, 6) is -1.28. The number of carbonyl (C=O) groups is 3. The van der Waals surface area contributed by atoms with Crippen LogP contribution in [0.5, 0.6) is 0 Å². The summed E-state index contributed by atoms with van der Waals surface area (Å²) in [6.07, 6.45) is -0.347. The molecule has 1 saturated carbocycles. The van der Waals surface area contributed by atoms with Crippen LogP contribution in [0.25, 0.3) is 0 Å². The van der Waals surface area contributed by atoms with Gasteiger partial charge in [0.05, 0.1) is 5.56 Å². The zero-order valence-corrected chi connectivity index (χ0v) is 21.2. The second-order valence-corrected chi connectivity index (χ2v) is 10.1. The molecule has 0 radical (unpaired) electrons. The van der Waals surface area contributed by atoms with Gasteiger partial charge >= 0.3 is 18.0 Å². The highest BCUT2D eigenvalue weighted by molar-refractivity contribution is 5.92. The first-order valence-corrected chi connectivity index (χ1v) is 12.2. The summed E-state index contributed by atoms with van der Waals surface area (Å²) in [6, 6.07) is 25.5. The van der Waals surface area contributed by atoms with Gasteiger partial charge in [0, 0.05) is 5.92 Å². The maximum absolute atomic E-state index is 13.3. The molecule has 0 aromatic heterocycles. The Kier molecular flexibility index (Phi) is 7.62. The Morgan fingerprint density at radius 2 is 1.35 bits per heavy atom. The molecule has 3 aromatic carbocycles. The maximum Gasteiger partial charge on any atom is 0.408 e. The molecule has 3 aromatic rings. The average Bonchev–Trinajstić information content (AvgIpc) is 3.61. The molecule has 0 saturated heterocycles. The first-order chi connectivity index (χ1) is 17.7. The third-order valence-electron chi connectivity index (χ3n) is 6.02. The van der Waals surface area contributed by atoms with Crippen LogP contribution in [0.2, 0.25) is 0 Å².